The van der Waals surface area contributed by atoms with Crippen molar-refractivity contribution in [1.82, 2.24) is 0 Å². The van der Waals surface area contributed by atoms with Crippen molar-refractivity contribution >= 4 is 47.8 Å². The van der Waals surface area contributed by atoms with E-state index < -0.39 is 0 Å². The average Bonchev–Trinajstić information content (AvgIpc) is 2.60. The lowest BCUT2D eigenvalue weighted by atomic mass is 10.00. The lowest BCUT2D eigenvalue weighted by molar-refractivity contribution is -0.117. The molecule has 3 N–H and O–H groups in total. The number of nitrogens with one attached hydrogen (secondary N) is 1. The Hall–Kier alpha value is -2.11. The number of para-hydroxylation sites is 2. The van der Waals surface area contributed by atoms with Crippen LogP contribution in [0, 0.1) is 0 Å². The number of fused-ring (bicyclic) bond motifs is 1. The van der Waals surface area contributed by atoms with E-state index >= 15 is 0 Å². The van der Waals surface area contributed by atoms with Gasteiger partial charge in [0.2, 0.25) is 5.91 Å². The Morgan fingerprint density at radius 1 is 1.20 bits per heavy atom. The molecule has 1 amide bonds. The smallest absolute Gasteiger partial charge is 0.246 e. The number of carbonyl (C=O) groups excluding carboxylic acids is 1. The standard InChI is InChI=1S/C18H21N3O2.2ClH/c1-23-17-10-3-2-8-15(17)20-12-18(22)21-11-5-6-13-14(19)7-4-9-16(13)21;;/h2-4,7-10,20H,5-6,11-12,19H2,1H3;2*1H. The van der Waals surface area contributed by atoms with Gasteiger partial charge in [0, 0.05) is 17.9 Å². The van der Waals surface area contributed by atoms with Crippen molar-refractivity contribution in [3.05, 3.63) is 48.0 Å². The van der Waals surface area contributed by atoms with E-state index in [-0.39, 0.29) is 37.3 Å². The maximum atomic E-state index is 12.6. The molecule has 136 valence electrons. The van der Waals surface area contributed by atoms with Crippen molar-refractivity contribution in [2.75, 3.05) is 36.1 Å². The average molecular weight is 384 g/mol. The Labute approximate surface area is 160 Å². The predicted molar refractivity (Wildman–Crippen MR) is 108 cm³/mol. The van der Waals surface area contributed by atoms with E-state index in [1.165, 1.54) is 0 Å². The van der Waals surface area contributed by atoms with E-state index in [4.69, 9.17) is 10.5 Å². The first-order chi connectivity index (χ1) is 11.2. The van der Waals surface area contributed by atoms with Gasteiger partial charge in [0.05, 0.1) is 19.3 Å². The number of hydrogen-bond donors (Lipinski definition) is 2. The van der Waals surface area contributed by atoms with Gasteiger partial charge in [-0.2, -0.15) is 0 Å². The number of benzene rings is 2. The molecule has 25 heavy (non-hydrogen) atoms. The molecular weight excluding hydrogens is 361 g/mol. The summed E-state index contributed by atoms with van der Waals surface area (Å²) >= 11 is 0. The van der Waals surface area contributed by atoms with E-state index in [9.17, 15) is 4.79 Å². The monoisotopic (exact) mass is 383 g/mol. The highest BCUT2D eigenvalue weighted by molar-refractivity contribution is 5.98. The van der Waals surface area contributed by atoms with Crippen molar-refractivity contribution < 1.29 is 9.53 Å². The topological polar surface area (TPSA) is 67.6 Å². The Bertz CT molecular complexity index is 725. The van der Waals surface area contributed by atoms with E-state index in [1.807, 2.05) is 47.4 Å². The molecule has 1 aliphatic rings. The van der Waals surface area contributed by atoms with Crippen molar-refractivity contribution in [3.63, 3.8) is 0 Å². The van der Waals surface area contributed by atoms with Crippen LogP contribution >= 0.6 is 24.8 Å². The van der Waals surface area contributed by atoms with Gasteiger partial charge in [0.25, 0.3) is 0 Å². The molecule has 7 heteroatoms. The third kappa shape index (κ3) is 4.50. The highest BCUT2D eigenvalue weighted by atomic mass is 35.5. The zero-order chi connectivity index (χ0) is 16.2. The lowest BCUT2D eigenvalue weighted by Gasteiger charge is -2.30. The summed E-state index contributed by atoms with van der Waals surface area (Å²) in [6.07, 6.45) is 1.85. The molecule has 3 rings (SSSR count). The summed E-state index contributed by atoms with van der Waals surface area (Å²) < 4.78 is 5.29. The molecule has 2 aromatic carbocycles. The van der Waals surface area contributed by atoms with Crippen molar-refractivity contribution in [3.8, 4) is 5.75 Å². The Kier molecular flexibility index (Phi) is 7.87. The van der Waals surface area contributed by atoms with Crippen LogP contribution < -0.4 is 20.7 Å². The fourth-order valence-corrected chi connectivity index (χ4v) is 2.97. The third-order valence-corrected chi connectivity index (χ3v) is 4.12. The maximum Gasteiger partial charge on any atom is 0.246 e. The molecule has 2 aromatic rings. The molecule has 1 aliphatic heterocycles. The largest absolute Gasteiger partial charge is 0.495 e. The summed E-state index contributed by atoms with van der Waals surface area (Å²) in [6, 6.07) is 13.3. The molecule has 5 nitrogen and oxygen atoms in total. The fourth-order valence-electron chi connectivity index (χ4n) is 2.97. The second-order valence-corrected chi connectivity index (χ2v) is 5.55. The van der Waals surface area contributed by atoms with E-state index in [0.717, 1.165) is 47.8 Å². The van der Waals surface area contributed by atoms with Gasteiger partial charge in [-0.25, -0.2) is 0 Å². The van der Waals surface area contributed by atoms with Crippen LogP contribution in [0.5, 0.6) is 5.75 Å². The third-order valence-electron chi connectivity index (χ3n) is 4.12. The number of anilines is 3. The van der Waals surface area contributed by atoms with Crippen molar-refractivity contribution in [1.29, 1.82) is 0 Å². The number of methoxy groups -OCH3 is 1. The number of nitrogens with zero attached hydrogens (tertiary/aromatic N) is 1. The number of nitrogens with two attached hydrogens (primary N) is 1. The van der Waals surface area contributed by atoms with Crippen LogP contribution in [0.2, 0.25) is 0 Å². The van der Waals surface area contributed by atoms with Crippen LogP contribution in [0.15, 0.2) is 42.5 Å². The number of rotatable bonds is 4. The van der Waals surface area contributed by atoms with Crippen molar-refractivity contribution in [2.45, 2.75) is 12.8 Å². The highest BCUT2D eigenvalue weighted by Crippen LogP contribution is 2.31. The van der Waals surface area contributed by atoms with Crippen LogP contribution in [0.4, 0.5) is 17.1 Å². The summed E-state index contributed by atoms with van der Waals surface area (Å²) in [5, 5.41) is 3.16. The van der Waals surface area contributed by atoms with E-state index in [2.05, 4.69) is 5.32 Å². The molecule has 0 fully saturated rings. The minimum Gasteiger partial charge on any atom is -0.495 e. The van der Waals surface area contributed by atoms with Crippen LogP contribution in [0.25, 0.3) is 0 Å². The SMILES string of the molecule is COc1ccccc1NCC(=O)N1CCCc2c(N)cccc21.Cl.Cl. The quantitative estimate of drug-likeness (QED) is 0.792. The first kappa shape index (κ1) is 20.9. The van der Waals surface area contributed by atoms with E-state index in [1.54, 1.807) is 7.11 Å². The summed E-state index contributed by atoms with van der Waals surface area (Å²) in [5.74, 6) is 0.756. The van der Waals surface area contributed by atoms with Crippen LogP contribution in [-0.2, 0) is 11.2 Å². The van der Waals surface area contributed by atoms with Gasteiger partial charge < -0.3 is 20.7 Å². The number of carbonyl (C=O) groups is 1. The van der Waals surface area contributed by atoms with Gasteiger partial charge in [-0.05, 0) is 42.7 Å². The van der Waals surface area contributed by atoms with Gasteiger partial charge in [-0.15, -0.1) is 24.8 Å². The first-order valence-corrected chi connectivity index (χ1v) is 7.75. The van der Waals surface area contributed by atoms with Gasteiger partial charge in [0.1, 0.15) is 5.75 Å². The molecule has 0 aromatic heterocycles. The molecule has 0 spiro atoms. The summed E-state index contributed by atoms with van der Waals surface area (Å²) in [7, 11) is 1.62. The minimum absolute atomic E-state index is 0. The molecule has 0 bridgehead atoms. The molecule has 0 saturated heterocycles. The summed E-state index contributed by atoms with van der Waals surface area (Å²) in [5.41, 5.74) is 9.62. The Morgan fingerprint density at radius 3 is 2.72 bits per heavy atom. The number of hydrogen-bond acceptors (Lipinski definition) is 4. The van der Waals surface area contributed by atoms with Gasteiger partial charge >= 0.3 is 0 Å². The zero-order valence-corrected chi connectivity index (χ0v) is 15.7. The molecule has 0 saturated carbocycles. The van der Waals surface area contributed by atoms with Gasteiger partial charge in [-0.1, -0.05) is 18.2 Å². The highest BCUT2D eigenvalue weighted by Gasteiger charge is 2.23. The van der Waals surface area contributed by atoms with Crippen LogP contribution in [0.3, 0.4) is 0 Å². The van der Waals surface area contributed by atoms with Crippen LogP contribution in [0.1, 0.15) is 12.0 Å². The fraction of sp³-hybridized carbons (Fsp3) is 0.278. The Morgan fingerprint density at radius 2 is 1.96 bits per heavy atom. The molecule has 0 atom stereocenters. The zero-order valence-electron chi connectivity index (χ0n) is 14.0. The molecular formula is C18H23Cl2N3O2. The molecule has 0 aliphatic carbocycles. The number of ether oxygens (including phenoxy) is 1. The normalized spacial score (nSPS) is 12.3. The lowest BCUT2D eigenvalue weighted by Crippen LogP contribution is -2.39. The van der Waals surface area contributed by atoms with E-state index in [0.29, 0.717) is 0 Å². The summed E-state index contributed by atoms with van der Waals surface area (Å²) in [4.78, 5) is 14.4. The molecule has 1 heterocycles. The summed E-state index contributed by atoms with van der Waals surface area (Å²) in [6.45, 7) is 0.942. The predicted octanol–water partition coefficient (Wildman–Crippen LogP) is 3.51. The first-order valence-electron chi connectivity index (χ1n) is 7.75. The molecule has 0 unspecified atom stereocenters. The number of halogens is 2. The number of amides is 1. The van der Waals surface area contributed by atoms with Crippen molar-refractivity contribution in [2.24, 2.45) is 0 Å². The number of nitrogen functional groups attached to an aromatic ring is 1. The van der Waals surface area contributed by atoms with Gasteiger partial charge in [0.15, 0.2) is 0 Å². The Balaban J connectivity index is 0.00000156. The minimum atomic E-state index is 0. The molecule has 0 radical (unpaired) electrons. The van der Waals surface area contributed by atoms with Gasteiger partial charge in [-0.3, -0.25) is 4.79 Å². The van der Waals surface area contributed by atoms with Crippen LogP contribution in [-0.4, -0.2) is 26.1 Å². The second-order valence-electron chi connectivity index (χ2n) is 5.55. The maximum absolute atomic E-state index is 12.6. The second kappa shape index (κ2) is 9.39.